The zero-order valence-corrected chi connectivity index (χ0v) is 7.63. The molecule has 0 radical (unpaired) electrons. The number of rotatable bonds is 1. The highest BCUT2D eigenvalue weighted by molar-refractivity contribution is 5.12. The number of hydrogen-bond acceptors (Lipinski definition) is 1. The maximum absolute atomic E-state index is 9.35. The van der Waals surface area contributed by atoms with Crippen molar-refractivity contribution in [1.29, 1.82) is 0 Å². The first-order valence-corrected chi connectivity index (χ1v) is 5.23. The molecule has 0 aromatic carbocycles. The molecule has 2 rings (SSSR count). The van der Waals surface area contributed by atoms with Gasteiger partial charge in [0, 0.05) is 0 Å². The molecule has 1 heteroatoms. The molecule has 1 N–H and O–H groups in total. The number of aliphatic hydroxyl groups is 1. The van der Waals surface area contributed by atoms with Crippen LogP contribution in [0.25, 0.3) is 0 Å². The Bertz CT molecular complexity index is 175. The zero-order valence-electron chi connectivity index (χ0n) is 7.63. The van der Waals surface area contributed by atoms with Crippen LogP contribution in [0.2, 0.25) is 0 Å². The summed E-state index contributed by atoms with van der Waals surface area (Å²) in [7, 11) is 0. The zero-order chi connectivity index (χ0) is 8.39. The minimum atomic E-state index is 0.00301. The Labute approximate surface area is 74.5 Å². The van der Waals surface area contributed by atoms with Crippen LogP contribution in [0.4, 0.5) is 0 Å². The van der Waals surface area contributed by atoms with E-state index in [-0.39, 0.29) is 6.10 Å². The molecular formula is C11H18O. The molecule has 1 nitrogen and oxygen atoms in total. The molecule has 2 aliphatic rings. The lowest BCUT2D eigenvalue weighted by Gasteiger charge is -2.26. The molecule has 0 atom stereocenters. The van der Waals surface area contributed by atoms with Gasteiger partial charge in [0.1, 0.15) is 0 Å². The van der Waals surface area contributed by atoms with Crippen molar-refractivity contribution in [2.45, 2.75) is 51.0 Å². The normalized spacial score (nSPS) is 36.6. The van der Waals surface area contributed by atoms with Crippen molar-refractivity contribution in [3.8, 4) is 0 Å². The Kier molecular flexibility index (Phi) is 2.50. The summed E-state index contributed by atoms with van der Waals surface area (Å²) in [6.07, 6.45) is 11.0. The van der Waals surface area contributed by atoms with E-state index in [1.807, 2.05) is 0 Å². The van der Waals surface area contributed by atoms with Crippen molar-refractivity contribution >= 4 is 0 Å². The SMILES string of the molecule is OC1CCC(C2=CCCC2)CC1. The molecule has 0 amide bonds. The van der Waals surface area contributed by atoms with Crippen LogP contribution in [0.1, 0.15) is 44.9 Å². The first-order valence-electron chi connectivity index (χ1n) is 5.23. The standard InChI is InChI=1S/C11H18O/c12-11-7-5-10(6-8-11)9-3-1-2-4-9/h3,10-12H,1-2,4-8H2. The van der Waals surface area contributed by atoms with Gasteiger partial charge < -0.3 is 5.11 Å². The Hall–Kier alpha value is -0.300. The highest BCUT2D eigenvalue weighted by Crippen LogP contribution is 2.35. The van der Waals surface area contributed by atoms with Crippen LogP contribution in [0, 0.1) is 5.92 Å². The number of hydrogen-bond donors (Lipinski definition) is 1. The van der Waals surface area contributed by atoms with E-state index in [1.165, 1.54) is 32.1 Å². The lowest BCUT2D eigenvalue weighted by molar-refractivity contribution is 0.115. The Morgan fingerprint density at radius 1 is 1.17 bits per heavy atom. The Morgan fingerprint density at radius 3 is 2.50 bits per heavy atom. The van der Waals surface area contributed by atoms with E-state index in [2.05, 4.69) is 6.08 Å². The number of aliphatic hydroxyl groups excluding tert-OH is 1. The molecule has 0 aromatic rings. The largest absolute Gasteiger partial charge is 0.393 e. The third-order valence-electron chi connectivity index (χ3n) is 3.30. The van der Waals surface area contributed by atoms with Crippen molar-refractivity contribution in [2.24, 2.45) is 5.92 Å². The fourth-order valence-electron chi connectivity index (χ4n) is 2.51. The summed E-state index contributed by atoms with van der Waals surface area (Å²) in [5, 5.41) is 9.35. The monoisotopic (exact) mass is 166 g/mol. The van der Waals surface area contributed by atoms with Crippen LogP contribution in [-0.2, 0) is 0 Å². The summed E-state index contributed by atoms with van der Waals surface area (Å²) in [6.45, 7) is 0. The van der Waals surface area contributed by atoms with Crippen molar-refractivity contribution in [3.63, 3.8) is 0 Å². The predicted octanol–water partition coefficient (Wildman–Crippen LogP) is 2.65. The molecule has 68 valence electrons. The molecule has 0 spiro atoms. The average Bonchev–Trinajstić information content (AvgIpc) is 2.58. The molecule has 12 heavy (non-hydrogen) atoms. The molecule has 0 saturated heterocycles. The van der Waals surface area contributed by atoms with E-state index in [0.717, 1.165) is 18.8 Å². The highest BCUT2D eigenvalue weighted by atomic mass is 16.3. The second-order valence-electron chi connectivity index (χ2n) is 4.18. The van der Waals surface area contributed by atoms with E-state index in [4.69, 9.17) is 0 Å². The average molecular weight is 166 g/mol. The second kappa shape index (κ2) is 3.61. The fourth-order valence-corrected chi connectivity index (χ4v) is 2.51. The van der Waals surface area contributed by atoms with Gasteiger partial charge >= 0.3 is 0 Å². The third-order valence-corrected chi connectivity index (χ3v) is 3.30. The van der Waals surface area contributed by atoms with Gasteiger partial charge in [0.25, 0.3) is 0 Å². The summed E-state index contributed by atoms with van der Waals surface area (Å²) in [4.78, 5) is 0. The predicted molar refractivity (Wildman–Crippen MR) is 49.9 cm³/mol. The van der Waals surface area contributed by atoms with Gasteiger partial charge in [-0.15, -0.1) is 0 Å². The first-order chi connectivity index (χ1) is 5.86. The first kappa shape index (κ1) is 8.31. The quantitative estimate of drug-likeness (QED) is 0.594. The van der Waals surface area contributed by atoms with Gasteiger partial charge in [-0.05, 0) is 50.9 Å². The summed E-state index contributed by atoms with van der Waals surface area (Å²) < 4.78 is 0. The maximum atomic E-state index is 9.35. The lowest BCUT2D eigenvalue weighted by Crippen LogP contribution is -2.18. The van der Waals surface area contributed by atoms with Crippen LogP contribution in [-0.4, -0.2) is 11.2 Å². The van der Waals surface area contributed by atoms with E-state index >= 15 is 0 Å². The van der Waals surface area contributed by atoms with Crippen LogP contribution in [0.15, 0.2) is 11.6 Å². The topological polar surface area (TPSA) is 20.2 Å². The molecule has 0 aliphatic heterocycles. The van der Waals surface area contributed by atoms with E-state index < -0.39 is 0 Å². The van der Waals surface area contributed by atoms with Crippen molar-refractivity contribution < 1.29 is 5.11 Å². The molecule has 0 heterocycles. The van der Waals surface area contributed by atoms with Gasteiger partial charge in [0.05, 0.1) is 6.10 Å². The fraction of sp³-hybridized carbons (Fsp3) is 0.818. The summed E-state index contributed by atoms with van der Waals surface area (Å²) in [5.41, 5.74) is 1.70. The van der Waals surface area contributed by atoms with Gasteiger partial charge in [0.2, 0.25) is 0 Å². The van der Waals surface area contributed by atoms with Crippen molar-refractivity contribution in [1.82, 2.24) is 0 Å². The maximum Gasteiger partial charge on any atom is 0.0540 e. The minimum absolute atomic E-state index is 0.00301. The third kappa shape index (κ3) is 1.71. The molecule has 0 unspecified atom stereocenters. The summed E-state index contributed by atoms with van der Waals surface area (Å²) in [5.74, 6) is 0.830. The van der Waals surface area contributed by atoms with Crippen LogP contribution in [0.3, 0.4) is 0 Å². The molecule has 1 fully saturated rings. The van der Waals surface area contributed by atoms with Crippen molar-refractivity contribution in [3.05, 3.63) is 11.6 Å². The van der Waals surface area contributed by atoms with Crippen LogP contribution in [0.5, 0.6) is 0 Å². The van der Waals surface area contributed by atoms with Gasteiger partial charge in [-0.25, -0.2) is 0 Å². The second-order valence-corrected chi connectivity index (χ2v) is 4.18. The molecule has 0 bridgehead atoms. The van der Waals surface area contributed by atoms with Crippen molar-refractivity contribution in [2.75, 3.05) is 0 Å². The minimum Gasteiger partial charge on any atom is -0.393 e. The van der Waals surface area contributed by atoms with Gasteiger partial charge in [-0.3, -0.25) is 0 Å². The molecule has 2 aliphatic carbocycles. The van der Waals surface area contributed by atoms with Gasteiger partial charge in [-0.2, -0.15) is 0 Å². The van der Waals surface area contributed by atoms with Gasteiger partial charge in [-0.1, -0.05) is 11.6 Å². The molecule has 1 saturated carbocycles. The molecular weight excluding hydrogens is 148 g/mol. The lowest BCUT2D eigenvalue weighted by atomic mass is 9.82. The summed E-state index contributed by atoms with van der Waals surface area (Å²) >= 11 is 0. The van der Waals surface area contributed by atoms with Gasteiger partial charge in [0.15, 0.2) is 0 Å². The Morgan fingerprint density at radius 2 is 1.92 bits per heavy atom. The van der Waals surface area contributed by atoms with E-state index in [9.17, 15) is 5.11 Å². The van der Waals surface area contributed by atoms with Crippen LogP contribution < -0.4 is 0 Å². The number of allylic oxidation sites excluding steroid dienone is 2. The smallest absolute Gasteiger partial charge is 0.0540 e. The Balaban J connectivity index is 1.88. The molecule has 0 aromatic heterocycles. The highest BCUT2D eigenvalue weighted by Gasteiger charge is 2.23. The van der Waals surface area contributed by atoms with E-state index in [0.29, 0.717) is 0 Å². The van der Waals surface area contributed by atoms with E-state index in [1.54, 1.807) is 5.57 Å². The van der Waals surface area contributed by atoms with Crippen LogP contribution >= 0.6 is 0 Å². The summed E-state index contributed by atoms with van der Waals surface area (Å²) in [6, 6.07) is 0.